The topological polar surface area (TPSA) is 71.7 Å². The largest absolute Gasteiger partial charge is 0.302 e. The highest BCUT2D eigenvalue weighted by Gasteiger charge is 2.29. The van der Waals surface area contributed by atoms with Gasteiger partial charge in [0, 0.05) is 18.2 Å². The van der Waals surface area contributed by atoms with E-state index in [0.29, 0.717) is 18.7 Å². The van der Waals surface area contributed by atoms with Gasteiger partial charge in [-0.25, -0.2) is 17.2 Å². The molecule has 4 aromatic rings. The molecule has 2 heterocycles. The maximum Gasteiger partial charge on any atom is 0.279 e. The molecule has 0 spiro atoms. The van der Waals surface area contributed by atoms with Crippen molar-refractivity contribution in [2.45, 2.75) is 24.3 Å². The summed E-state index contributed by atoms with van der Waals surface area (Å²) in [5, 5.41) is 0. The molecular weight excluding hydrogens is 504 g/mol. The minimum absolute atomic E-state index is 0.0533. The summed E-state index contributed by atoms with van der Waals surface area (Å²) in [5.74, 6) is 0.164. The van der Waals surface area contributed by atoms with Crippen LogP contribution in [-0.2, 0) is 23.0 Å². The van der Waals surface area contributed by atoms with Crippen LogP contribution >= 0.6 is 11.3 Å². The summed E-state index contributed by atoms with van der Waals surface area (Å²) in [7, 11) is -3.83. The van der Waals surface area contributed by atoms with Crippen molar-refractivity contribution in [2.24, 2.45) is 4.99 Å². The fourth-order valence-electron chi connectivity index (χ4n) is 4.25. The molecule has 1 aromatic heterocycles. The molecule has 5 rings (SSSR count). The Morgan fingerprint density at radius 2 is 1.86 bits per heavy atom. The van der Waals surface area contributed by atoms with Crippen LogP contribution < -0.4 is 9.11 Å². The lowest BCUT2D eigenvalue weighted by Gasteiger charge is -2.30. The van der Waals surface area contributed by atoms with E-state index >= 15 is 0 Å². The Labute approximate surface area is 210 Å². The number of amides is 1. The Kier molecular flexibility index (Phi) is 6.20. The number of hydrogen-bond acceptors (Lipinski definition) is 4. The number of thiazole rings is 1. The van der Waals surface area contributed by atoms with Crippen molar-refractivity contribution in [1.82, 2.24) is 4.57 Å². The van der Waals surface area contributed by atoms with Gasteiger partial charge in [0.05, 0.1) is 27.3 Å². The number of rotatable bonds is 4. The third-order valence-corrected chi connectivity index (χ3v) is 8.75. The van der Waals surface area contributed by atoms with Crippen LogP contribution in [-0.4, -0.2) is 25.4 Å². The number of nitrogens with zero attached hydrogens (tertiary/aromatic N) is 3. The number of carbonyl (C=O) groups excluding carboxylic acids is 1. The van der Waals surface area contributed by atoms with Crippen molar-refractivity contribution in [1.29, 1.82) is 0 Å². The predicted molar refractivity (Wildman–Crippen MR) is 134 cm³/mol. The van der Waals surface area contributed by atoms with Gasteiger partial charge >= 0.3 is 0 Å². The summed E-state index contributed by atoms with van der Waals surface area (Å²) in [6.07, 6.45) is 6.92. The van der Waals surface area contributed by atoms with Gasteiger partial charge in [-0.1, -0.05) is 35.5 Å². The molecule has 0 radical (unpaired) electrons. The standard InChI is InChI=1S/C26H19F2N3O3S2/c1-2-13-30-24-21(28)15-19(27)16-23(24)35-26(30)29-25(32)18-9-11-20(12-10-18)36(33,34)31-14-5-7-17-6-3-4-8-22(17)31/h1,3-4,6,8-12,15-16H,5,7,13-14H2. The van der Waals surface area contributed by atoms with Crippen LogP contribution in [0.3, 0.4) is 0 Å². The first-order valence-electron chi connectivity index (χ1n) is 11.0. The van der Waals surface area contributed by atoms with Gasteiger partial charge in [0.1, 0.15) is 5.82 Å². The first kappa shape index (κ1) is 23.9. The second-order valence-electron chi connectivity index (χ2n) is 8.16. The lowest BCUT2D eigenvalue weighted by Crippen LogP contribution is -2.35. The molecule has 0 bridgehead atoms. The van der Waals surface area contributed by atoms with E-state index in [4.69, 9.17) is 6.42 Å². The summed E-state index contributed by atoms with van der Waals surface area (Å²) in [4.78, 5) is 17.1. The zero-order valence-electron chi connectivity index (χ0n) is 18.8. The normalized spacial score (nSPS) is 14.0. The third kappa shape index (κ3) is 4.21. The number of fused-ring (bicyclic) bond motifs is 2. The van der Waals surface area contributed by atoms with Crippen molar-refractivity contribution in [3.63, 3.8) is 0 Å². The number of hydrogen-bond donors (Lipinski definition) is 0. The molecule has 0 unspecified atom stereocenters. The van der Waals surface area contributed by atoms with Crippen LogP contribution in [0.4, 0.5) is 14.5 Å². The lowest BCUT2D eigenvalue weighted by molar-refractivity contribution is 0.0997. The van der Waals surface area contributed by atoms with Crippen molar-refractivity contribution < 1.29 is 22.0 Å². The van der Waals surface area contributed by atoms with Gasteiger partial charge in [-0.05, 0) is 54.8 Å². The monoisotopic (exact) mass is 523 g/mol. The number of anilines is 1. The Balaban J connectivity index is 1.49. The van der Waals surface area contributed by atoms with Gasteiger partial charge < -0.3 is 4.57 Å². The van der Waals surface area contributed by atoms with E-state index in [0.717, 1.165) is 35.5 Å². The Bertz CT molecular complexity index is 1720. The van der Waals surface area contributed by atoms with E-state index in [9.17, 15) is 22.0 Å². The smallest absolute Gasteiger partial charge is 0.279 e. The molecule has 36 heavy (non-hydrogen) atoms. The SMILES string of the molecule is C#CCn1c(=NC(=O)c2ccc(S(=O)(=O)N3CCCc4ccccc43)cc2)sc2cc(F)cc(F)c21. The molecule has 3 aromatic carbocycles. The molecule has 6 nitrogen and oxygen atoms in total. The van der Waals surface area contributed by atoms with Crippen molar-refractivity contribution in [3.05, 3.63) is 88.2 Å². The van der Waals surface area contributed by atoms with Crippen LogP contribution in [0.2, 0.25) is 0 Å². The molecule has 0 saturated heterocycles. The average molecular weight is 524 g/mol. The summed E-state index contributed by atoms with van der Waals surface area (Å²) in [5.41, 5.74) is 1.83. The maximum absolute atomic E-state index is 14.4. The number of para-hydroxylation sites is 1. The highest BCUT2D eigenvalue weighted by Crippen LogP contribution is 2.32. The highest BCUT2D eigenvalue weighted by atomic mass is 32.2. The third-order valence-electron chi connectivity index (χ3n) is 5.90. The molecule has 182 valence electrons. The highest BCUT2D eigenvalue weighted by molar-refractivity contribution is 7.92. The maximum atomic E-state index is 14.4. The average Bonchev–Trinajstić information content (AvgIpc) is 3.20. The molecule has 1 amide bonds. The molecule has 0 fully saturated rings. The fraction of sp³-hybridized carbons (Fsp3) is 0.154. The number of carbonyl (C=O) groups is 1. The summed E-state index contributed by atoms with van der Waals surface area (Å²) in [6.45, 7) is 0.302. The first-order valence-corrected chi connectivity index (χ1v) is 13.3. The van der Waals surface area contributed by atoms with E-state index in [1.54, 1.807) is 12.1 Å². The van der Waals surface area contributed by atoms with E-state index in [2.05, 4.69) is 10.9 Å². The molecule has 0 aliphatic carbocycles. The molecule has 1 aliphatic rings. The fourth-order valence-corrected chi connectivity index (χ4v) is 6.86. The quantitative estimate of drug-likeness (QED) is 0.370. The van der Waals surface area contributed by atoms with Crippen molar-refractivity contribution in [3.8, 4) is 12.3 Å². The number of aryl methyl sites for hydroxylation is 1. The summed E-state index contributed by atoms with van der Waals surface area (Å²) >= 11 is 0.932. The van der Waals surface area contributed by atoms with Gasteiger partial charge in [0.2, 0.25) is 0 Å². The number of aromatic nitrogens is 1. The minimum Gasteiger partial charge on any atom is -0.302 e. The van der Waals surface area contributed by atoms with Crippen LogP contribution in [0.15, 0.2) is 70.6 Å². The van der Waals surface area contributed by atoms with Crippen LogP contribution in [0.1, 0.15) is 22.3 Å². The predicted octanol–water partition coefficient (Wildman–Crippen LogP) is 4.50. The van der Waals surface area contributed by atoms with E-state index in [1.807, 2.05) is 12.1 Å². The van der Waals surface area contributed by atoms with Gasteiger partial charge in [-0.2, -0.15) is 4.99 Å². The van der Waals surface area contributed by atoms with Crippen LogP contribution in [0, 0.1) is 24.0 Å². The first-order chi connectivity index (χ1) is 17.3. The van der Waals surface area contributed by atoms with Gasteiger partial charge in [0.15, 0.2) is 10.6 Å². The zero-order valence-corrected chi connectivity index (χ0v) is 20.5. The van der Waals surface area contributed by atoms with Crippen LogP contribution in [0.25, 0.3) is 10.2 Å². The van der Waals surface area contributed by atoms with E-state index in [-0.39, 0.29) is 32.0 Å². The number of benzene rings is 3. The Morgan fingerprint density at radius 1 is 1.11 bits per heavy atom. The molecule has 10 heteroatoms. The van der Waals surface area contributed by atoms with Crippen molar-refractivity contribution in [2.75, 3.05) is 10.8 Å². The summed E-state index contributed by atoms with van der Waals surface area (Å²) < 4.78 is 57.7. The molecule has 0 atom stereocenters. The van der Waals surface area contributed by atoms with Gasteiger partial charge in [0.25, 0.3) is 15.9 Å². The van der Waals surface area contributed by atoms with Crippen LogP contribution in [0.5, 0.6) is 0 Å². The van der Waals surface area contributed by atoms with Gasteiger partial charge in [-0.3, -0.25) is 9.10 Å². The molecule has 0 saturated carbocycles. The molecule has 1 aliphatic heterocycles. The zero-order chi connectivity index (χ0) is 25.4. The Hall–Kier alpha value is -3.81. The number of terminal acetylenes is 1. The van der Waals surface area contributed by atoms with E-state index < -0.39 is 27.6 Å². The number of halogens is 2. The second kappa shape index (κ2) is 9.33. The van der Waals surface area contributed by atoms with E-state index in [1.165, 1.54) is 33.1 Å². The molecule has 0 N–H and O–H groups in total. The Morgan fingerprint density at radius 3 is 2.61 bits per heavy atom. The van der Waals surface area contributed by atoms with Gasteiger partial charge in [-0.15, -0.1) is 6.42 Å². The second-order valence-corrected chi connectivity index (χ2v) is 11.0. The summed E-state index contributed by atoms with van der Waals surface area (Å²) in [6, 6.07) is 14.8. The number of sulfonamides is 1. The van der Waals surface area contributed by atoms with Crippen molar-refractivity contribution >= 4 is 43.2 Å². The molecular formula is C26H19F2N3O3S2. The minimum atomic E-state index is -3.83. The lowest BCUT2D eigenvalue weighted by atomic mass is 10.0.